The Labute approximate surface area is 277 Å². The van der Waals surface area contributed by atoms with Gasteiger partial charge in [0.2, 0.25) is 5.30 Å². The number of carbonyl (C=O) groups excluding carboxylic acids is 1. The molecule has 3 rings (SSSR count). The summed E-state index contributed by atoms with van der Waals surface area (Å²) in [7, 11) is -2.07. The van der Waals surface area contributed by atoms with Crippen molar-refractivity contribution in [3.8, 4) is 11.1 Å². The summed E-state index contributed by atoms with van der Waals surface area (Å²) in [5.74, 6) is -0.691. The zero-order valence-corrected chi connectivity index (χ0v) is 29.2. The summed E-state index contributed by atoms with van der Waals surface area (Å²) in [6, 6.07) is 15.8. The number of nitrogens with zero attached hydrogens (tertiary/aromatic N) is 3. The van der Waals surface area contributed by atoms with Gasteiger partial charge in [-0.05, 0) is 59.7 Å². The van der Waals surface area contributed by atoms with E-state index in [0.29, 0.717) is 30.0 Å². The molecular formula is C34H47N3O9P+. The molecule has 0 spiro atoms. The molecule has 2 aromatic carbocycles. The van der Waals surface area contributed by atoms with E-state index in [2.05, 4.69) is 4.98 Å². The summed E-state index contributed by atoms with van der Waals surface area (Å²) >= 11 is 0. The minimum Gasteiger partial charge on any atom is -0.461 e. The van der Waals surface area contributed by atoms with E-state index < -0.39 is 18.8 Å². The SMILES string of the molecule is Cc1nc(C)c([P+](O)(OCCOC(C)C)OCCOC(C)C)c(-c2cccc([N+](=O)[O-])c2)c1C(=O)OCCN(C)Cc1ccccc1. The van der Waals surface area contributed by atoms with Crippen molar-refractivity contribution in [1.29, 1.82) is 0 Å². The van der Waals surface area contributed by atoms with Crippen LogP contribution in [0.3, 0.4) is 0 Å². The van der Waals surface area contributed by atoms with Gasteiger partial charge >= 0.3 is 13.9 Å². The average Bonchev–Trinajstić information content (AvgIpc) is 3.01. The number of non-ortho nitro benzene ring substituents is 1. The highest BCUT2D eigenvalue weighted by Crippen LogP contribution is 2.58. The van der Waals surface area contributed by atoms with Gasteiger partial charge in [0.05, 0.1) is 52.9 Å². The molecular weight excluding hydrogens is 625 g/mol. The highest BCUT2D eigenvalue weighted by atomic mass is 31.2. The summed E-state index contributed by atoms with van der Waals surface area (Å²) in [6.07, 6.45) is -0.136. The summed E-state index contributed by atoms with van der Waals surface area (Å²) < 4.78 is 29.2. The number of aryl methyl sites for hydroxylation is 2. The second-order valence-electron chi connectivity index (χ2n) is 11.6. The molecule has 0 aliphatic rings. The number of ether oxygens (including phenoxy) is 3. The lowest BCUT2D eigenvalue weighted by Crippen LogP contribution is -2.29. The van der Waals surface area contributed by atoms with Gasteiger partial charge in [-0.1, -0.05) is 42.5 Å². The number of nitro groups is 1. The van der Waals surface area contributed by atoms with Gasteiger partial charge in [-0.2, -0.15) is 13.9 Å². The van der Waals surface area contributed by atoms with Gasteiger partial charge < -0.3 is 14.2 Å². The van der Waals surface area contributed by atoms with Crippen molar-refractivity contribution in [3.63, 3.8) is 0 Å². The van der Waals surface area contributed by atoms with E-state index in [4.69, 9.17) is 23.3 Å². The lowest BCUT2D eigenvalue weighted by atomic mass is 9.97. The van der Waals surface area contributed by atoms with Crippen molar-refractivity contribution in [3.05, 3.63) is 87.2 Å². The molecule has 0 saturated carbocycles. The predicted molar refractivity (Wildman–Crippen MR) is 182 cm³/mol. The fourth-order valence-electron chi connectivity index (χ4n) is 4.89. The van der Waals surface area contributed by atoms with Crippen LogP contribution in [0, 0.1) is 24.0 Å². The third-order valence-corrected chi connectivity index (χ3v) is 9.14. The van der Waals surface area contributed by atoms with Crippen molar-refractivity contribution in [2.45, 2.75) is 60.3 Å². The quantitative estimate of drug-likeness (QED) is 0.0541. The maximum Gasteiger partial charge on any atom is 0.448 e. The first kappa shape index (κ1) is 38.1. The van der Waals surface area contributed by atoms with Crippen LogP contribution in [0.2, 0.25) is 0 Å². The smallest absolute Gasteiger partial charge is 0.448 e. The summed E-state index contributed by atoms with van der Waals surface area (Å²) in [5.41, 5.74) is 2.16. The van der Waals surface area contributed by atoms with Gasteiger partial charge in [-0.3, -0.25) is 20.0 Å². The normalized spacial score (nSPS) is 11.9. The molecule has 1 N–H and O–H groups in total. The molecule has 3 aromatic rings. The number of hydrogen-bond donors (Lipinski definition) is 1. The number of hydrogen-bond acceptors (Lipinski definition) is 11. The number of pyridine rings is 1. The molecule has 0 unspecified atom stereocenters. The van der Waals surface area contributed by atoms with Crippen LogP contribution in [0.1, 0.15) is 55.0 Å². The zero-order chi connectivity index (χ0) is 34.6. The first-order valence-electron chi connectivity index (χ1n) is 15.6. The molecule has 0 aliphatic carbocycles. The number of rotatable bonds is 19. The number of nitro benzene ring substituents is 1. The van der Waals surface area contributed by atoms with E-state index in [1.807, 2.05) is 70.0 Å². The van der Waals surface area contributed by atoms with Crippen molar-refractivity contribution >= 4 is 24.9 Å². The Morgan fingerprint density at radius 1 is 0.915 bits per heavy atom. The van der Waals surface area contributed by atoms with Crippen molar-refractivity contribution in [2.75, 3.05) is 46.6 Å². The number of carbonyl (C=O) groups is 1. The molecule has 13 heteroatoms. The molecule has 0 aliphatic heterocycles. The van der Waals surface area contributed by atoms with Crippen molar-refractivity contribution in [1.82, 2.24) is 9.88 Å². The second kappa shape index (κ2) is 18.3. The van der Waals surface area contributed by atoms with E-state index >= 15 is 0 Å². The fraction of sp³-hybridized carbons (Fsp3) is 0.471. The maximum absolute atomic E-state index is 13.9. The molecule has 0 amide bonds. The van der Waals surface area contributed by atoms with Crippen LogP contribution >= 0.6 is 7.94 Å². The van der Waals surface area contributed by atoms with Crippen LogP contribution in [-0.4, -0.2) is 84.5 Å². The number of likely N-dealkylation sites (N-methyl/N-ethyl adjacent to an activating group) is 1. The largest absolute Gasteiger partial charge is 0.461 e. The van der Waals surface area contributed by atoms with E-state index in [0.717, 1.165) is 5.56 Å². The Hall–Kier alpha value is -3.35. The Balaban J connectivity index is 2.06. The average molecular weight is 673 g/mol. The molecule has 1 aromatic heterocycles. The number of benzene rings is 2. The maximum atomic E-state index is 13.9. The van der Waals surface area contributed by atoms with Gasteiger partial charge in [-0.15, -0.1) is 0 Å². The Morgan fingerprint density at radius 3 is 2.11 bits per heavy atom. The molecule has 1 heterocycles. The summed E-state index contributed by atoms with van der Waals surface area (Å²) in [6.45, 7) is 12.3. The van der Waals surface area contributed by atoms with Crippen LogP contribution in [-0.2, 0) is 29.8 Å². The topological polar surface area (TPSA) is 143 Å². The van der Waals surface area contributed by atoms with Crippen LogP contribution < -0.4 is 5.30 Å². The van der Waals surface area contributed by atoms with Crippen molar-refractivity contribution in [2.24, 2.45) is 0 Å². The van der Waals surface area contributed by atoms with Crippen molar-refractivity contribution < 1.29 is 37.9 Å². The standard InChI is InChI=1S/C34H47N3O9P/c1-24(2)42-18-20-45-47(41,46-21-19-43-25(3)4)33-27(6)35-26(5)31(32(33)29-14-11-15-30(22-29)37(39)40)34(38)44-17-16-36(7)23-28-12-9-8-10-13-28/h8-15,22,24-25,41H,16-21,23H2,1-7H3/q+1. The highest BCUT2D eigenvalue weighted by molar-refractivity contribution is 7.69. The first-order chi connectivity index (χ1) is 22.3. The number of aromatic nitrogens is 1. The lowest BCUT2D eigenvalue weighted by molar-refractivity contribution is -0.384. The Kier molecular flexibility index (Phi) is 14.8. The first-order valence-corrected chi connectivity index (χ1v) is 17.2. The molecule has 0 fully saturated rings. The molecule has 0 atom stereocenters. The minimum atomic E-state index is -4.00. The third-order valence-electron chi connectivity index (χ3n) is 6.96. The van der Waals surface area contributed by atoms with Crippen LogP contribution in [0.15, 0.2) is 54.6 Å². The van der Waals surface area contributed by atoms with Crippen LogP contribution in [0.5, 0.6) is 0 Å². The zero-order valence-electron chi connectivity index (χ0n) is 28.3. The van der Waals surface area contributed by atoms with E-state index in [1.54, 1.807) is 19.9 Å². The monoisotopic (exact) mass is 672 g/mol. The molecule has 47 heavy (non-hydrogen) atoms. The van der Waals surface area contributed by atoms with Gasteiger partial charge in [0.15, 0.2) is 0 Å². The van der Waals surface area contributed by atoms with Gasteiger partial charge in [0.25, 0.3) is 5.69 Å². The Morgan fingerprint density at radius 2 is 1.53 bits per heavy atom. The van der Waals surface area contributed by atoms with Gasteiger partial charge in [-0.25, -0.2) is 4.79 Å². The third kappa shape index (κ3) is 11.4. The van der Waals surface area contributed by atoms with E-state index in [1.165, 1.54) is 18.2 Å². The van der Waals surface area contributed by atoms with Crippen LogP contribution in [0.4, 0.5) is 5.69 Å². The molecule has 0 saturated heterocycles. The summed E-state index contributed by atoms with van der Waals surface area (Å²) in [5, 5.41) is 11.9. The lowest BCUT2D eigenvalue weighted by Gasteiger charge is -2.23. The predicted octanol–water partition coefficient (Wildman–Crippen LogP) is 5.83. The van der Waals surface area contributed by atoms with Gasteiger partial charge in [0, 0.05) is 25.2 Å². The molecule has 12 nitrogen and oxygen atoms in total. The van der Waals surface area contributed by atoms with E-state index in [-0.39, 0.29) is 67.4 Å². The van der Waals surface area contributed by atoms with Crippen LogP contribution in [0.25, 0.3) is 11.1 Å². The minimum absolute atomic E-state index is 0.0251. The Bertz CT molecular complexity index is 1450. The fourth-order valence-corrected chi connectivity index (χ4v) is 6.85. The molecule has 256 valence electrons. The van der Waals surface area contributed by atoms with Gasteiger partial charge in [0.1, 0.15) is 19.8 Å². The highest BCUT2D eigenvalue weighted by Gasteiger charge is 2.50. The second-order valence-corrected chi connectivity index (χ2v) is 13.6. The summed E-state index contributed by atoms with van der Waals surface area (Å²) in [4.78, 5) is 44.0. The van der Waals surface area contributed by atoms with E-state index in [9.17, 15) is 19.8 Å². The number of esters is 1. The molecule has 0 radical (unpaired) electrons. The molecule has 0 bridgehead atoms.